The fraction of sp³-hybridized carbons (Fsp3) is 0.0870. The van der Waals surface area contributed by atoms with Crippen LogP contribution >= 0.6 is 23.2 Å². The van der Waals surface area contributed by atoms with E-state index in [1.807, 2.05) is 25.1 Å². The van der Waals surface area contributed by atoms with Crippen LogP contribution in [-0.2, 0) is 16.1 Å². The Morgan fingerprint density at radius 2 is 1.77 bits per heavy atom. The zero-order valence-electron chi connectivity index (χ0n) is 16.0. The van der Waals surface area contributed by atoms with Crippen LogP contribution in [0.3, 0.4) is 0 Å². The third kappa shape index (κ3) is 3.95. The minimum atomic E-state index is -0.412. The standard InChI is InChI=1S/C23H17Cl2N3O2/c1-14-4-9-18(11-19(14)25)27-21-20(16-5-7-17(24)8-6-16)22(29)28(23(21)30)13-15-3-2-10-26-12-15/h2-12,27H,13H2,1H3. The maximum Gasteiger partial charge on any atom is 0.278 e. The molecule has 0 atom stereocenters. The summed E-state index contributed by atoms with van der Waals surface area (Å²) >= 11 is 12.2. The van der Waals surface area contributed by atoms with Crippen molar-refractivity contribution in [2.75, 3.05) is 5.32 Å². The molecule has 0 saturated heterocycles. The first-order valence-electron chi connectivity index (χ1n) is 9.22. The summed E-state index contributed by atoms with van der Waals surface area (Å²) in [4.78, 5) is 31.8. The number of carbonyl (C=O) groups excluding carboxylic acids is 2. The van der Waals surface area contributed by atoms with Gasteiger partial charge in [-0.05, 0) is 53.9 Å². The van der Waals surface area contributed by atoms with Gasteiger partial charge in [0.05, 0.1) is 12.1 Å². The number of benzene rings is 2. The molecule has 1 N–H and O–H groups in total. The second-order valence-corrected chi connectivity index (χ2v) is 7.75. The Bertz CT molecular complexity index is 1160. The van der Waals surface area contributed by atoms with Gasteiger partial charge in [-0.25, -0.2) is 0 Å². The fourth-order valence-corrected chi connectivity index (χ4v) is 3.52. The summed E-state index contributed by atoms with van der Waals surface area (Å²) in [7, 11) is 0. The molecular weight excluding hydrogens is 421 g/mol. The molecule has 30 heavy (non-hydrogen) atoms. The maximum atomic E-state index is 13.3. The van der Waals surface area contributed by atoms with Crippen molar-refractivity contribution in [3.8, 4) is 0 Å². The molecule has 0 saturated carbocycles. The minimum Gasteiger partial charge on any atom is -0.350 e. The Morgan fingerprint density at radius 1 is 1.00 bits per heavy atom. The van der Waals surface area contributed by atoms with Crippen molar-refractivity contribution >= 4 is 46.3 Å². The lowest BCUT2D eigenvalue weighted by Crippen LogP contribution is -2.32. The van der Waals surface area contributed by atoms with E-state index in [-0.39, 0.29) is 23.7 Å². The number of aromatic nitrogens is 1. The normalized spacial score (nSPS) is 13.9. The van der Waals surface area contributed by atoms with Crippen LogP contribution in [0, 0.1) is 6.92 Å². The van der Waals surface area contributed by atoms with E-state index in [0.29, 0.717) is 21.3 Å². The van der Waals surface area contributed by atoms with E-state index in [1.165, 1.54) is 4.90 Å². The highest BCUT2D eigenvalue weighted by Gasteiger charge is 2.39. The van der Waals surface area contributed by atoms with Gasteiger partial charge in [-0.3, -0.25) is 19.5 Å². The van der Waals surface area contributed by atoms with E-state index in [2.05, 4.69) is 10.3 Å². The summed E-state index contributed by atoms with van der Waals surface area (Å²) in [6, 6.07) is 15.8. The van der Waals surface area contributed by atoms with E-state index in [9.17, 15) is 9.59 Å². The minimum absolute atomic E-state index is 0.127. The summed E-state index contributed by atoms with van der Waals surface area (Å²) in [5, 5.41) is 4.21. The highest BCUT2D eigenvalue weighted by atomic mass is 35.5. The molecule has 0 bridgehead atoms. The SMILES string of the molecule is Cc1ccc(NC2=C(c3ccc(Cl)cc3)C(=O)N(Cc3cccnc3)C2=O)cc1Cl. The first-order valence-corrected chi connectivity index (χ1v) is 9.98. The van der Waals surface area contributed by atoms with Gasteiger partial charge < -0.3 is 5.32 Å². The van der Waals surface area contributed by atoms with E-state index in [1.54, 1.807) is 48.8 Å². The quantitative estimate of drug-likeness (QED) is 0.564. The van der Waals surface area contributed by atoms with E-state index in [0.717, 1.165) is 11.1 Å². The van der Waals surface area contributed by atoms with Crippen LogP contribution < -0.4 is 5.32 Å². The van der Waals surface area contributed by atoms with E-state index < -0.39 is 5.91 Å². The number of nitrogens with zero attached hydrogens (tertiary/aromatic N) is 2. The predicted octanol–water partition coefficient (Wildman–Crippen LogP) is 5.09. The highest BCUT2D eigenvalue weighted by molar-refractivity contribution is 6.37. The van der Waals surface area contributed by atoms with Crippen LogP contribution in [0.25, 0.3) is 5.57 Å². The monoisotopic (exact) mass is 437 g/mol. The molecule has 2 amide bonds. The van der Waals surface area contributed by atoms with Crippen molar-refractivity contribution in [1.82, 2.24) is 9.88 Å². The molecule has 1 aliphatic heterocycles. The van der Waals surface area contributed by atoms with Crippen molar-refractivity contribution in [2.24, 2.45) is 0 Å². The molecule has 7 heteroatoms. The van der Waals surface area contributed by atoms with Gasteiger partial charge in [0.15, 0.2) is 0 Å². The molecule has 0 spiro atoms. The van der Waals surface area contributed by atoms with Gasteiger partial charge >= 0.3 is 0 Å². The Labute approximate surface area is 183 Å². The second kappa shape index (κ2) is 8.30. The maximum absolute atomic E-state index is 13.3. The number of amides is 2. The number of aryl methyl sites for hydroxylation is 1. The molecule has 0 radical (unpaired) electrons. The molecule has 150 valence electrons. The van der Waals surface area contributed by atoms with Crippen molar-refractivity contribution in [3.63, 3.8) is 0 Å². The van der Waals surface area contributed by atoms with Crippen molar-refractivity contribution in [1.29, 1.82) is 0 Å². The number of nitrogens with one attached hydrogen (secondary N) is 1. The Kier molecular flexibility index (Phi) is 5.57. The zero-order valence-corrected chi connectivity index (χ0v) is 17.5. The molecule has 1 aliphatic rings. The van der Waals surface area contributed by atoms with Gasteiger partial charge in [0.2, 0.25) is 0 Å². The number of hydrogen-bond donors (Lipinski definition) is 1. The van der Waals surface area contributed by atoms with Gasteiger partial charge in [0.25, 0.3) is 11.8 Å². The molecule has 2 heterocycles. The number of hydrogen-bond acceptors (Lipinski definition) is 4. The van der Waals surface area contributed by atoms with Gasteiger partial charge in [-0.1, -0.05) is 47.5 Å². The first kappa shape index (κ1) is 20.1. The number of imide groups is 1. The first-order chi connectivity index (χ1) is 14.4. The average molecular weight is 438 g/mol. The fourth-order valence-electron chi connectivity index (χ4n) is 3.21. The van der Waals surface area contributed by atoms with Crippen molar-refractivity contribution < 1.29 is 9.59 Å². The second-order valence-electron chi connectivity index (χ2n) is 6.90. The number of anilines is 1. The average Bonchev–Trinajstić information content (AvgIpc) is 2.96. The number of pyridine rings is 1. The molecule has 0 unspecified atom stereocenters. The third-order valence-electron chi connectivity index (χ3n) is 4.81. The molecule has 4 rings (SSSR count). The van der Waals surface area contributed by atoms with Crippen molar-refractivity contribution in [3.05, 3.63) is 99.4 Å². The number of rotatable bonds is 5. The van der Waals surface area contributed by atoms with Crippen LogP contribution in [0.5, 0.6) is 0 Å². The van der Waals surface area contributed by atoms with Gasteiger partial charge in [-0.15, -0.1) is 0 Å². The lowest BCUT2D eigenvalue weighted by atomic mass is 10.0. The molecular formula is C23H17Cl2N3O2. The van der Waals surface area contributed by atoms with Crippen LogP contribution in [0.1, 0.15) is 16.7 Å². The molecule has 3 aromatic rings. The predicted molar refractivity (Wildman–Crippen MR) is 118 cm³/mol. The molecule has 0 fully saturated rings. The summed E-state index contributed by atoms with van der Waals surface area (Å²) in [6.45, 7) is 2.02. The van der Waals surface area contributed by atoms with Gasteiger partial charge in [0, 0.05) is 28.1 Å². The van der Waals surface area contributed by atoms with Crippen molar-refractivity contribution in [2.45, 2.75) is 13.5 Å². The largest absolute Gasteiger partial charge is 0.350 e. The van der Waals surface area contributed by atoms with Crippen LogP contribution in [0.4, 0.5) is 5.69 Å². The summed E-state index contributed by atoms with van der Waals surface area (Å²) in [6.07, 6.45) is 3.27. The van der Waals surface area contributed by atoms with Crippen LogP contribution in [0.15, 0.2) is 72.7 Å². The number of halogens is 2. The smallest absolute Gasteiger partial charge is 0.278 e. The molecule has 0 aliphatic carbocycles. The van der Waals surface area contributed by atoms with E-state index >= 15 is 0 Å². The lowest BCUT2D eigenvalue weighted by Gasteiger charge is -2.15. The summed E-state index contributed by atoms with van der Waals surface area (Å²) < 4.78 is 0. The lowest BCUT2D eigenvalue weighted by molar-refractivity contribution is -0.137. The molecule has 5 nitrogen and oxygen atoms in total. The summed E-state index contributed by atoms with van der Waals surface area (Å²) in [5.41, 5.74) is 3.39. The Hall–Kier alpha value is -3.15. The Morgan fingerprint density at radius 3 is 2.43 bits per heavy atom. The third-order valence-corrected chi connectivity index (χ3v) is 5.46. The van der Waals surface area contributed by atoms with Crippen LogP contribution in [-0.4, -0.2) is 21.7 Å². The zero-order chi connectivity index (χ0) is 21.3. The van der Waals surface area contributed by atoms with E-state index in [4.69, 9.17) is 23.2 Å². The number of carbonyl (C=O) groups is 2. The summed E-state index contributed by atoms with van der Waals surface area (Å²) in [5.74, 6) is -0.794. The molecule has 2 aromatic carbocycles. The highest BCUT2D eigenvalue weighted by Crippen LogP contribution is 2.32. The Balaban J connectivity index is 1.75. The van der Waals surface area contributed by atoms with Gasteiger partial charge in [-0.2, -0.15) is 0 Å². The molecule has 1 aromatic heterocycles. The van der Waals surface area contributed by atoms with Crippen LogP contribution in [0.2, 0.25) is 10.0 Å². The van der Waals surface area contributed by atoms with Gasteiger partial charge in [0.1, 0.15) is 5.70 Å². The topological polar surface area (TPSA) is 62.3 Å².